The molecule has 0 aromatic heterocycles. The predicted molar refractivity (Wildman–Crippen MR) is 67.8 cm³/mol. The van der Waals surface area contributed by atoms with Crippen molar-refractivity contribution in [2.45, 2.75) is 5.92 Å². The zero-order chi connectivity index (χ0) is 9.80. The maximum Gasteiger partial charge on any atom is 0.0591 e. The van der Waals surface area contributed by atoms with Gasteiger partial charge >= 0.3 is 0 Å². The fourth-order valence-corrected chi connectivity index (χ4v) is 1.92. The molecule has 0 amide bonds. The van der Waals surface area contributed by atoms with Crippen molar-refractivity contribution in [2.24, 2.45) is 0 Å². The van der Waals surface area contributed by atoms with E-state index in [4.69, 9.17) is 4.74 Å². The molecule has 0 saturated carbocycles. The Morgan fingerprint density at radius 2 is 2.00 bits per heavy atom. The van der Waals surface area contributed by atoms with Gasteiger partial charge in [-0.3, -0.25) is 0 Å². The van der Waals surface area contributed by atoms with E-state index in [2.05, 4.69) is 45.5 Å². The Hall–Kier alpha value is -0.0900. The van der Waals surface area contributed by atoms with Crippen molar-refractivity contribution in [1.29, 1.82) is 0 Å². The summed E-state index contributed by atoms with van der Waals surface area (Å²) in [5, 5.41) is 3.37. The molecule has 1 aliphatic rings. The molecule has 0 radical (unpaired) electrons. The lowest BCUT2D eigenvalue weighted by Crippen LogP contribution is -2.21. The summed E-state index contributed by atoms with van der Waals surface area (Å²) in [7, 11) is 0. The first-order valence-electron chi connectivity index (χ1n) is 4.90. The summed E-state index contributed by atoms with van der Waals surface area (Å²) in [6.45, 7) is 3.64. The van der Waals surface area contributed by atoms with Crippen LogP contribution < -0.4 is 5.32 Å². The molecule has 0 unspecified atom stereocenters. The van der Waals surface area contributed by atoms with Crippen molar-refractivity contribution in [3.8, 4) is 0 Å². The van der Waals surface area contributed by atoms with Gasteiger partial charge in [0.05, 0.1) is 13.2 Å². The Balaban J connectivity index is 0.00000112. The number of ether oxygens (including phenoxy) is 1. The molecule has 0 bridgehead atoms. The highest BCUT2D eigenvalue weighted by atomic mass is 79.9. The first kappa shape index (κ1) is 13.0. The van der Waals surface area contributed by atoms with Crippen LogP contribution in [-0.4, -0.2) is 26.3 Å². The van der Waals surface area contributed by atoms with E-state index in [9.17, 15) is 0 Å². The molecule has 0 spiro atoms. The molecular weight excluding hydrogens is 277 g/mol. The SMILES string of the molecule is Brc1ccc([C@H]2CNCCOC2)cc1.Cl. The summed E-state index contributed by atoms with van der Waals surface area (Å²) in [6.07, 6.45) is 0. The standard InChI is InChI=1S/C11H14BrNO.ClH/c12-11-3-1-9(2-4-11)10-7-13-5-6-14-8-10;/h1-4,10,13H,5-8H2;1H/t10-;/m0./s1. The molecule has 1 heterocycles. The molecular formula is C11H15BrClNO. The van der Waals surface area contributed by atoms with Gasteiger partial charge in [-0.1, -0.05) is 28.1 Å². The summed E-state index contributed by atoms with van der Waals surface area (Å²) in [5.41, 5.74) is 1.35. The topological polar surface area (TPSA) is 21.3 Å². The highest BCUT2D eigenvalue weighted by Gasteiger charge is 2.13. The average molecular weight is 293 g/mol. The van der Waals surface area contributed by atoms with Crippen LogP contribution in [-0.2, 0) is 4.74 Å². The maximum atomic E-state index is 5.52. The van der Waals surface area contributed by atoms with Crippen molar-refractivity contribution < 1.29 is 4.74 Å². The number of hydrogen-bond donors (Lipinski definition) is 1. The zero-order valence-electron chi connectivity index (χ0n) is 8.41. The molecule has 1 aromatic rings. The fraction of sp³-hybridized carbons (Fsp3) is 0.455. The molecule has 0 aliphatic carbocycles. The Bertz CT molecular complexity index is 283. The number of hydrogen-bond acceptors (Lipinski definition) is 2. The van der Waals surface area contributed by atoms with Gasteiger partial charge in [0.15, 0.2) is 0 Å². The second kappa shape index (κ2) is 6.48. The van der Waals surface area contributed by atoms with E-state index >= 15 is 0 Å². The number of nitrogens with one attached hydrogen (secondary N) is 1. The molecule has 2 rings (SSSR count). The van der Waals surface area contributed by atoms with Gasteiger partial charge in [0.25, 0.3) is 0 Å². The Morgan fingerprint density at radius 1 is 1.27 bits per heavy atom. The van der Waals surface area contributed by atoms with Gasteiger partial charge in [-0.15, -0.1) is 12.4 Å². The van der Waals surface area contributed by atoms with E-state index in [1.54, 1.807) is 0 Å². The van der Waals surface area contributed by atoms with Crippen molar-refractivity contribution in [3.63, 3.8) is 0 Å². The summed E-state index contributed by atoms with van der Waals surface area (Å²) < 4.78 is 6.65. The van der Waals surface area contributed by atoms with Crippen molar-refractivity contribution in [1.82, 2.24) is 5.32 Å². The zero-order valence-corrected chi connectivity index (χ0v) is 10.8. The Kier molecular flexibility index (Phi) is 5.61. The molecule has 1 aromatic carbocycles. The molecule has 1 N–H and O–H groups in total. The van der Waals surface area contributed by atoms with Crippen LogP contribution in [0, 0.1) is 0 Å². The third-order valence-electron chi connectivity index (χ3n) is 2.47. The summed E-state index contributed by atoms with van der Waals surface area (Å²) in [4.78, 5) is 0. The second-order valence-electron chi connectivity index (χ2n) is 3.53. The van der Waals surface area contributed by atoms with Crippen LogP contribution in [0.3, 0.4) is 0 Å². The third-order valence-corrected chi connectivity index (χ3v) is 3.00. The van der Waals surface area contributed by atoms with Crippen LogP contribution in [0.5, 0.6) is 0 Å². The van der Waals surface area contributed by atoms with E-state index < -0.39 is 0 Å². The third kappa shape index (κ3) is 3.76. The molecule has 1 fully saturated rings. The lowest BCUT2D eigenvalue weighted by Gasteiger charge is -2.13. The number of rotatable bonds is 1. The predicted octanol–water partition coefficient (Wildman–Crippen LogP) is 2.57. The van der Waals surface area contributed by atoms with E-state index in [1.807, 2.05) is 0 Å². The average Bonchev–Trinajstić information content (AvgIpc) is 2.47. The quantitative estimate of drug-likeness (QED) is 0.859. The fourth-order valence-electron chi connectivity index (χ4n) is 1.65. The van der Waals surface area contributed by atoms with Crippen LogP contribution in [0.1, 0.15) is 11.5 Å². The molecule has 1 atom stereocenters. The summed E-state index contributed by atoms with van der Waals surface area (Å²) in [5.74, 6) is 0.491. The van der Waals surface area contributed by atoms with E-state index in [0.29, 0.717) is 5.92 Å². The minimum absolute atomic E-state index is 0. The first-order chi connectivity index (χ1) is 6.86. The van der Waals surface area contributed by atoms with Crippen LogP contribution in [0.25, 0.3) is 0 Å². The Morgan fingerprint density at radius 3 is 2.73 bits per heavy atom. The van der Waals surface area contributed by atoms with Crippen molar-refractivity contribution in [2.75, 3.05) is 26.3 Å². The molecule has 4 heteroatoms. The van der Waals surface area contributed by atoms with Gasteiger partial charge in [-0.25, -0.2) is 0 Å². The summed E-state index contributed by atoms with van der Waals surface area (Å²) >= 11 is 3.44. The van der Waals surface area contributed by atoms with Gasteiger partial charge in [0, 0.05) is 23.5 Å². The molecule has 84 valence electrons. The van der Waals surface area contributed by atoms with E-state index in [1.165, 1.54) is 5.56 Å². The van der Waals surface area contributed by atoms with Crippen LogP contribution >= 0.6 is 28.3 Å². The van der Waals surface area contributed by atoms with Gasteiger partial charge in [0.2, 0.25) is 0 Å². The highest BCUT2D eigenvalue weighted by Crippen LogP contribution is 2.19. The molecule has 1 aliphatic heterocycles. The maximum absolute atomic E-state index is 5.52. The van der Waals surface area contributed by atoms with E-state index in [0.717, 1.165) is 30.8 Å². The largest absolute Gasteiger partial charge is 0.379 e. The van der Waals surface area contributed by atoms with Gasteiger partial charge in [-0.05, 0) is 17.7 Å². The smallest absolute Gasteiger partial charge is 0.0591 e. The van der Waals surface area contributed by atoms with Crippen LogP contribution in [0.15, 0.2) is 28.7 Å². The first-order valence-corrected chi connectivity index (χ1v) is 5.69. The minimum atomic E-state index is 0. The minimum Gasteiger partial charge on any atom is -0.379 e. The normalized spacial score (nSPS) is 21.5. The Labute approximate surface area is 105 Å². The van der Waals surface area contributed by atoms with E-state index in [-0.39, 0.29) is 12.4 Å². The van der Waals surface area contributed by atoms with Crippen LogP contribution in [0.4, 0.5) is 0 Å². The number of benzene rings is 1. The van der Waals surface area contributed by atoms with Crippen LogP contribution in [0.2, 0.25) is 0 Å². The molecule has 15 heavy (non-hydrogen) atoms. The monoisotopic (exact) mass is 291 g/mol. The second-order valence-corrected chi connectivity index (χ2v) is 4.44. The number of halogens is 2. The lowest BCUT2D eigenvalue weighted by molar-refractivity contribution is 0.141. The highest BCUT2D eigenvalue weighted by molar-refractivity contribution is 9.10. The van der Waals surface area contributed by atoms with Crippen molar-refractivity contribution in [3.05, 3.63) is 34.3 Å². The van der Waals surface area contributed by atoms with Gasteiger partial charge in [-0.2, -0.15) is 0 Å². The van der Waals surface area contributed by atoms with Gasteiger partial charge in [0.1, 0.15) is 0 Å². The molecule has 1 saturated heterocycles. The van der Waals surface area contributed by atoms with Gasteiger partial charge < -0.3 is 10.1 Å². The van der Waals surface area contributed by atoms with Crippen molar-refractivity contribution >= 4 is 28.3 Å². The lowest BCUT2D eigenvalue weighted by atomic mass is 10.0. The molecule has 2 nitrogen and oxygen atoms in total. The summed E-state index contributed by atoms with van der Waals surface area (Å²) in [6, 6.07) is 8.48.